The van der Waals surface area contributed by atoms with Crippen molar-refractivity contribution in [1.29, 1.82) is 0 Å². The van der Waals surface area contributed by atoms with Gasteiger partial charge in [-0.1, -0.05) is 42.6 Å². The molecule has 0 radical (unpaired) electrons. The Labute approximate surface area is 171 Å². The van der Waals surface area contributed by atoms with Crippen molar-refractivity contribution in [3.63, 3.8) is 0 Å². The van der Waals surface area contributed by atoms with Gasteiger partial charge in [0.25, 0.3) is 0 Å². The Kier molecular flexibility index (Phi) is 6.61. The van der Waals surface area contributed by atoms with Gasteiger partial charge < -0.3 is 11.1 Å². The molecule has 0 unspecified atom stereocenters. The molecule has 1 fully saturated rings. The molecule has 1 aliphatic carbocycles. The van der Waals surface area contributed by atoms with Crippen molar-refractivity contribution in [3.05, 3.63) is 22.7 Å². The number of hydrogen-bond acceptors (Lipinski definition) is 8. The summed E-state index contributed by atoms with van der Waals surface area (Å²) in [6.45, 7) is 0. The number of thioether (sulfide) groups is 1. The van der Waals surface area contributed by atoms with Crippen LogP contribution in [0.1, 0.15) is 32.1 Å². The molecule has 27 heavy (non-hydrogen) atoms. The molecule has 0 bridgehead atoms. The lowest BCUT2D eigenvalue weighted by atomic mass is 9.95. The van der Waals surface area contributed by atoms with Crippen molar-refractivity contribution >= 4 is 56.3 Å². The molecule has 0 atom stereocenters. The van der Waals surface area contributed by atoms with Crippen molar-refractivity contribution in [3.8, 4) is 0 Å². The number of halogens is 1. The van der Waals surface area contributed by atoms with Crippen LogP contribution in [0.4, 0.5) is 5.82 Å². The van der Waals surface area contributed by atoms with Gasteiger partial charge in [0.1, 0.15) is 14.9 Å². The second-order valence-electron chi connectivity index (χ2n) is 6.16. The zero-order valence-corrected chi connectivity index (χ0v) is 17.6. The topological polar surface area (TPSA) is 115 Å². The number of carbonyl (C=O) groups excluding carboxylic acids is 1. The Morgan fingerprint density at radius 1 is 1.33 bits per heavy atom. The Balaban J connectivity index is 1.63. The minimum atomic E-state index is -3.82. The first-order valence-electron chi connectivity index (χ1n) is 8.41. The van der Waals surface area contributed by atoms with E-state index in [0.29, 0.717) is 4.34 Å². The first kappa shape index (κ1) is 20.4. The molecule has 0 aromatic carbocycles. The molecule has 1 amide bonds. The van der Waals surface area contributed by atoms with E-state index in [9.17, 15) is 13.2 Å². The van der Waals surface area contributed by atoms with Crippen LogP contribution in [-0.2, 0) is 14.6 Å². The van der Waals surface area contributed by atoms with Crippen LogP contribution in [-0.4, -0.2) is 36.1 Å². The summed E-state index contributed by atoms with van der Waals surface area (Å²) in [4.78, 5) is 20.0. The third kappa shape index (κ3) is 5.13. The fourth-order valence-electron chi connectivity index (χ4n) is 2.84. The number of nitrogens with zero attached hydrogens (tertiary/aromatic N) is 2. The summed E-state index contributed by atoms with van der Waals surface area (Å²) < 4.78 is 25.6. The first-order chi connectivity index (χ1) is 12.9. The number of nitrogens with one attached hydrogen (secondary N) is 1. The molecule has 0 saturated heterocycles. The molecule has 0 spiro atoms. The van der Waals surface area contributed by atoms with Crippen LogP contribution in [0, 0.1) is 0 Å². The highest BCUT2D eigenvalue weighted by atomic mass is 35.5. The van der Waals surface area contributed by atoms with E-state index >= 15 is 0 Å². The van der Waals surface area contributed by atoms with Crippen molar-refractivity contribution in [1.82, 2.24) is 15.3 Å². The maximum Gasteiger partial charge on any atom is 0.230 e. The monoisotopic (exact) mass is 446 g/mol. The van der Waals surface area contributed by atoms with E-state index in [1.54, 1.807) is 0 Å². The molecule has 3 rings (SSSR count). The highest BCUT2D eigenvalue weighted by molar-refractivity contribution is 7.99. The Morgan fingerprint density at radius 2 is 2.07 bits per heavy atom. The lowest BCUT2D eigenvalue weighted by molar-refractivity contribution is -0.119. The molecule has 146 valence electrons. The predicted molar refractivity (Wildman–Crippen MR) is 107 cm³/mol. The van der Waals surface area contributed by atoms with Crippen molar-refractivity contribution in [2.45, 2.75) is 52.4 Å². The van der Waals surface area contributed by atoms with Gasteiger partial charge in [-0.15, -0.1) is 11.3 Å². The summed E-state index contributed by atoms with van der Waals surface area (Å²) >= 11 is 7.87. The van der Waals surface area contributed by atoms with Gasteiger partial charge in [-0.3, -0.25) is 4.79 Å². The van der Waals surface area contributed by atoms with E-state index in [0.717, 1.165) is 48.8 Å². The standard InChI is InChI=1S/C16H19ClN4O3S3/c17-12-6-7-14(26-12)27(23,24)11-8-19-16(21-15(11)18)25-9-13(22)20-10-4-2-1-3-5-10/h6-8,10H,1-5,9H2,(H,20,22)(H2,18,19,21). The second kappa shape index (κ2) is 8.76. The Bertz CT molecular complexity index is 927. The minimum Gasteiger partial charge on any atom is -0.382 e. The fourth-order valence-corrected chi connectivity index (χ4v) is 6.34. The van der Waals surface area contributed by atoms with Crippen molar-refractivity contribution in [2.75, 3.05) is 11.5 Å². The number of thiophene rings is 1. The van der Waals surface area contributed by atoms with Crippen molar-refractivity contribution in [2.24, 2.45) is 0 Å². The van der Waals surface area contributed by atoms with E-state index in [4.69, 9.17) is 17.3 Å². The fraction of sp³-hybridized carbons (Fsp3) is 0.438. The molecule has 1 saturated carbocycles. The number of rotatable bonds is 6. The average molecular weight is 447 g/mol. The van der Waals surface area contributed by atoms with Crippen LogP contribution in [0.5, 0.6) is 0 Å². The number of hydrogen-bond donors (Lipinski definition) is 2. The molecule has 7 nitrogen and oxygen atoms in total. The second-order valence-corrected chi connectivity index (χ2v) is 11.0. The van der Waals surface area contributed by atoms with Crippen LogP contribution in [0.15, 0.2) is 32.6 Å². The van der Waals surface area contributed by atoms with Crippen molar-refractivity contribution < 1.29 is 13.2 Å². The molecular formula is C16H19ClN4O3S3. The van der Waals surface area contributed by atoms with Gasteiger partial charge in [-0.2, -0.15) is 0 Å². The number of nitrogens with two attached hydrogens (primary N) is 1. The van der Waals surface area contributed by atoms with E-state index < -0.39 is 9.84 Å². The van der Waals surface area contributed by atoms with Crippen LogP contribution >= 0.6 is 34.7 Å². The molecule has 2 aromatic rings. The van der Waals surface area contributed by atoms with Crippen LogP contribution in [0.25, 0.3) is 0 Å². The normalized spacial score (nSPS) is 15.6. The smallest absolute Gasteiger partial charge is 0.230 e. The summed E-state index contributed by atoms with van der Waals surface area (Å²) in [7, 11) is -3.82. The van der Waals surface area contributed by atoms with Gasteiger partial charge in [0.05, 0.1) is 16.3 Å². The average Bonchev–Trinajstić information content (AvgIpc) is 3.08. The van der Waals surface area contributed by atoms with E-state index in [2.05, 4.69) is 15.3 Å². The SMILES string of the molecule is Nc1nc(SCC(=O)NC2CCCCC2)ncc1S(=O)(=O)c1ccc(Cl)s1. The quantitative estimate of drug-likeness (QED) is 0.517. The van der Waals surface area contributed by atoms with Gasteiger partial charge in [0, 0.05) is 6.04 Å². The van der Waals surface area contributed by atoms with E-state index in [-0.39, 0.29) is 37.8 Å². The van der Waals surface area contributed by atoms with Gasteiger partial charge in [0.15, 0.2) is 5.16 Å². The zero-order valence-electron chi connectivity index (χ0n) is 14.4. The third-order valence-electron chi connectivity index (χ3n) is 4.17. The largest absolute Gasteiger partial charge is 0.382 e. The number of amides is 1. The maximum absolute atomic E-state index is 12.6. The summed E-state index contributed by atoms with van der Waals surface area (Å²) in [6, 6.07) is 3.16. The summed E-state index contributed by atoms with van der Waals surface area (Å²) in [6.07, 6.45) is 6.71. The highest BCUT2D eigenvalue weighted by Crippen LogP contribution is 2.32. The zero-order chi connectivity index (χ0) is 19.4. The molecule has 1 aliphatic rings. The molecule has 11 heteroatoms. The first-order valence-corrected chi connectivity index (χ1v) is 12.1. The van der Waals surface area contributed by atoms with Gasteiger partial charge in [0.2, 0.25) is 15.7 Å². The summed E-state index contributed by atoms with van der Waals surface area (Å²) in [5.74, 6) is -0.0774. The minimum absolute atomic E-state index is 0.0788. The maximum atomic E-state index is 12.6. The van der Waals surface area contributed by atoms with E-state index in [1.165, 1.54) is 24.8 Å². The number of aromatic nitrogens is 2. The highest BCUT2D eigenvalue weighted by Gasteiger charge is 2.24. The van der Waals surface area contributed by atoms with Gasteiger partial charge in [-0.25, -0.2) is 18.4 Å². The molecule has 2 aromatic heterocycles. The molecular weight excluding hydrogens is 428 g/mol. The summed E-state index contributed by atoms with van der Waals surface area (Å²) in [5, 5.41) is 3.27. The number of carbonyl (C=O) groups is 1. The van der Waals surface area contributed by atoms with Crippen LogP contribution < -0.4 is 11.1 Å². The third-order valence-corrected chi connectivity index (χ3v) is 8.52. The van der Waals surface area contributed by atoms with Crippen LogP contribution in [0.3, 0.4) is 0 Å². The predicted octanol–water partition coefficient (Wildman–Crippen LogP) is 3.15. The molecule has 2 heterocycles. The molecule has 3 N–H and O–H groups in total. The van der Waals surface area contributed by atoms with Crippen LogP contribution in [0.2, 0.25) is 4.34 Å². The Morgan fingerprint density at radius 3 is 2.70 bits per heavy atom. The number of sulfone groups is 1. The molecule has 0 aliphatic heterocycles. The summed E-state index contributed by atoms with van der Waals surface area (Å²) in [5.41, 5.74) is 5.83. The number of anilines is 1. The Hall–Kier alpha value is -1.36. The van der Waals surface area contributed by atoms with Gasteiger partial charge >= 0.3 is 0 Å². The lowest BCUT2D eigenvalue weighted by Gasteiger charge is -2.22. The van der Waals surface area contributed by atoms with Gasteiger partial charge in [-0.05, 0) is 25.0 Å². The number of nitrogen functional groups attached to an aromatic ring is 1. The van der Waals surface area contributed by atoms with E-state index in [1.807, 2.05) is 0 Å². The lowest BCUT2D eigenvalue weighted by Crippen LogP contribution is -2.37.